The first kappa shape index (κ1) is 18.7. The van der Waals surface area contributed by atoms with Crippen LogP contribution in [0.3, 0.4) is 0 Å². The lowest BCUT2D eigenvalue weighted by atomic mass is 10.0. The molecule has 134 valence electrons. The van der Waals surface area contributed by atoms with E-state index in [0.717, 1.165) is 0 Å². The number of rotatable bonds is 7. The molecule has 25 heavy (non-hydrogen) atoms. The third-order valence-electron chi connectivity index (χ3n) is 3.71. The van der Waals surface area contributed by atoms with E-state index in [1.165, 1.54) is 36.6 Å². The number of halogens is 1. The number of carbonyl (C=O) groups excluding carboxylic acids is 2. The topological polar surface area (TPSA) is 91.6 Å². The van der Waals surface area contributed by atoms with Gasteiger partial charge in [-0.05, 0) is 50.1 Å². The van der Waals surface area contributed by atoms with Gasteiger partial charge in [0.15, 0.2) is 5.76 Å². The molecule has 0 spiro atoms. The molecule has 0 aliphatic rings. The molecule has 3 unspecified atom stereocenters. The third kappa shape index (κ3) is 5.42. The fourth-order valence-corrected chi connectivity index (χ4v) is 2.32. The number of benzene rings is 1. The van der Waals surface area contributed by atoms with Gasteiger partial charge in [-0.3, -0.25) is 9.59 Å². The van der Waals surface area contributed by atoms with E-state index >= 15 is 0 Å². The number of furan rings is 1. The maximum Gasteiger partial charge on any atom is 0.287 e. The van der Waals surface area contributed by atoms with Gasteiger partial charge in [0.2, 0.25) is 5.91 Å². The average molecular weight is 348 g/mol. The van der Waals surface area contributed by atoms with E-state index in [1.807, 2.05) is 0 Å². The maximum absolute atomic E-state index is 12.9. The van der Waals surface area contributed by atoms with Crippen molar-refractivity contribution in [2.75, 3.05) is 0 Å². The molecule has 0 saturated heterocycles. The average Bonchev–Trinajstić information content (AvgIpc) is 3.09. The normalized spacial score (nSPS) is 14.4. The van der Waals surface area contributed by atoms with Crippen LogP contribution in [0.5, 0.6) is 0 Å². The summed E-state index contributed by atoms with van der Waals surface area (Å²) in [6.07, 6.45) is 0.804. The lowest BCUT2D eigenvalue weighted by Gasteiger charge is -2.20. The van der Waals surface area contributed by atoms with E-state index in [-0.39, 0.29) is 29.9 Å². The van der Waals surface area contributed by atoms with Crippen molar-refractivity contribution in [2.24, 2.45) is 0 Å². The number of nitrogens with one attached hydrogen (secondary N) is 2. The predicted molar refractivity (Wildman–Crippen MR) is 89.2 cm³/mol. The molecule has 1 aromatic carbocycles. The molecule has 2 rings (SSSR count). The monoisotopic (exact) mass is 348 g/mol. The van der Waals surface area contributed by atoms with Crippen LogP contribution in [0, 0.1) is 5.82 Å². The van der Waals surface area contributed by atoms with E-state index in [4.69, 9.17) is 4.42 Å². The molecule has 7 heteroatoms. The van der Waals surface area contributed by atoms with Crippen LogP contribution >= 0.6 is 0 Å². The van der Waals surface area contributed by atoms with Crippen molar-refractivity contribution in [1.29, 1.82) is 0 Å². The number of hydrogen-bond donors (Lipinski definition) is 3. The van der Waals surface area contributed by atoms with Crippen LogP contribution in [0.25, 0.3) is 0 Å². The van der Waals surface area contributed by atoms with E-state index in [0.29, 0.717) is 5.56 Å². The van der Waals surface area contributed by atoms with Crippen molar-refractivity contribution in [1.82, 2.24) is 10.6 Å². The molecule has 3 N–H and O–H groups in total. The van der Waals surface area contributed by atoms with Gasteiger partial charge in [-0.15, -0.1) is 0 Å². The summed E-state index contributed by atoms with van der Waals surface area (Å²) >= 11 is 0. The number of hydrogen-bond acceptors (Lipinski definition) is 4. The second-order valence-corrected chi connectivity index (χ2v) is 5.89. The molecule has 0 bridgehead atoms. The second-order valence-electron chi connectivity index (χ2n) is 5.89. The molecule has 1 aromatic heterocycles. The Morgan fingerprint density at radius 2 is 1.84 bits per heavy atom. The van der Waals surface area contributed by atoms with Crippen LogP contribution in [-0.2, 0) is 4.79 Å². The third-order valence-corrected chi connectivity index (χ3v) is 3.71. The highest BCUT2D eigenvalue weighted by atomic mass is 19.1. The minimum Gasteiger partial charge on any atom is -0.459 e. The van der Waals surface area contributed by atoms with Crippen LogP contribution in [-0.4, -0.2) is 29.0 Å². The number of aliphatic hydroxyl groups is 1. The molecule has 6 nitrogen and oxygen atoms in total. The zero-order valence-electron chi connectivity index (χ0n) is 14.0. The summed E-state index contributed by atoms with van der Waals surface area (Å²) in [4.78, 5) is 24.0. The standard InChI is InChI=1S/C18H21FN2O4/c1-11(10-15(22)13-5-7-14(19)8-6-13)20-17(23)12(2)21-18(24)16-4-3-9-25-16/h3-9,11-12,15,22H,10H2,1-2H3,(H,20,23)(H,21,24). The maximum atomic E-state index is 12.9. The Morgan fingerprint density at radius 1 is 1.16 bits per heavy atom. The van der Waals surface area contributed by atoms with Crippen LogP contribution in [0.1, 0.15) is 42.5 Å². The van der Waals surface area contributed by atoms with Crippen molar-refractivity contribution >= 4 is 11.8 Å². The zero-order valence-corrected chi connectivity index (χ0v) is 14.0. The molecule has 0 aliphatic carbocycles. The molecule has 0 aliphatic heterocycles. The molecule has 0 radical (unpaired) electrons. The van der Waals surface area contributed by atoms with Crippen LogP contribution in [0.4, 0.5) is 4.39 Å². The molecule has 0 fully saturated rings. The minimum absolute atomic E-state index is 0.124. The van der Waals surface area contributed by atoms with Gasteiger partial charge in [0.1, 0.15) is 11.9 Å². The Hall–Kier alpha value is -2.67. The Labute approximate surface area is 145 Å². The first-order valence-corrected chi connectivity index (χ1v) is 7.95. The number of carbonyl (C=O) groups is 2. The van der Waals surface area contributed by atoms with Crippen molar-refractivity contribution in [2.45, 2.75) is 38.5 Å². The second kappa shape index (κ2) is 8.43. The molecule has 3 atom stereocenters. The van der Waals surface area contributed by atoms with Crippen molar-refractivity contribution in [3.63, 3.8) is 0 Å². The molecule has 1 heterocycles. The first-order chi connectivity index (χ1) is 11.9. The Kier molecular flexibility index (Phi) is 6.30. The van der Waals surface area contributed by atoms with Crippen LogP contribution in [0.2, 0.25) is 0 Å². The highest BCUT2D eigenvalue weighted by molar-refractivity contribution is 5.95. The molecular weight excluding hydrogens is 327 g/mol. The highest BCUT2D eigenvalue weighted by Gasteiger charge is 2.21. The lowest BCUT2D eigenvalue weighted by Crippen LogP contribution is -2.47. The summed E-state index contributed by atoms with van der Waals surface area (Å²) in [6, 6.07) is 7.53. The van der Waals surface area contributed by atoms with E-state index in [2.05, 4.69) is 10.6 Å². The van der Waals surface area contributed by atoms with E-state index in [9.17, 15) is 19.1 Å². The first-order valence-electron chi connectivity index (χ1n) is 7.95. The summed E-state index contributed by atoms with van der Waals surface area (Å²) < 4.78 is 17.9. The van der Waals surface area contributed by atoms with Crippen LogP contribution < -0.4 is 10.6 Å². The molecule has 0 saturated carbocycles. The fourth-order valence-electron chi connectivity index (χ4n) is 2.32. The molecule has 2 amide bonds. The zero-order chi connectivity index (χ0) is 18.4. The molecule has 2 aromatic rings. The quantitative estimate of drug-likeness (QED) is 0.715. The summed E-state index contributed by atoms with van der Waals surface area (Å²) in [5, 5.41) is 15.4. The van der Waals surface area contributed by atoms with Crippen molar-refractivity contribution < 1.29 is 23.5 Å². The van der Waals surface area contributed by atoms with E-state index in [1.54, 1.807) is 19.9 Å². The Balaban J connectivity index is 1.82. The highest BCUT2D eigenvalue weighted by Crippen LogP contribution is 2.18. The summed E-state index contributed by atoms with van der Waals surface area (Å²) in [7, 11) is 0. The Morgan fingerprint density at radius 3 is 2.44 bits per heavy atom. The van der Waals surface area contributed by atoms with Gasteiger partial charge in [0.05, 0.1) is 12.4 Å². The number of aliphatic hydroxyl groups excluding tert-OH is 1. The van der Waals surface area contributed by atoms with E-state index < -0.39 is 18.1 Å². The van der Waals surface area contributed by atoms with Gasteiger partial charge >= 0.3 is 0 Å². The van der Waals surface area contributed by atoms with Gasteiger partial charge in [0, 0.05) is 6.04 Å². The predicted octanol–water partition coefficient (Wildman–Crippen LogP) is 2.17. The van der Waals surface area contributed by atoms with Crippen molar-refractivity contribution in [3.05, 3.63) is 59.8 Å². The minimum atomic E-state index is -0.830. The van der Waals surface area contributed by atoms with Gasteiger partial charge in [-0.2, -0.15) is 0 Å². The van der Waals surface area contributed by atoms with Crippen molar-refractivity contribution in [3.8, 4) is 0 Å². The van der Waals surface area contributed by atoms with Gasteiger partial charge in [0.25, 0.3) is 5.91 Å². The summed E-state index contributed by atoms with van der Waals surface area (Å²) in [6.45, 7) is 3.30. The number of amides is 2. The summed E-state index contributed by atoms with van der Waals surface area (Å²) in [5.74, 6) is -1.11. The van der Waals surface area contributed by atoms with Gasteiger partial charge in [-0.1, -0.05) is 12.1 Å². The van der Waals surface area contributed by atoms with Gasteiger partial charge in [-0.25, -0.2) is 4.39 Å². The van der Waals surface area contributed by atoms with Crippen LogP contribution in [0.15, 0.2) is 47.1 Å². The molecular formula is C18H21FN2O4. The summed E-state index contributed by atoms with van der Waals surface area (Å²) in [5.41, 5.74) is 0.571. The lowest BCUT2D eigenvalue weighted by molar-refractivity contribution is -0.123. The smallest absolute Gasteiger partial charge is 0.287 e. The Bertz CT molecular complexity index is 700. The van der Waals surface area contributed by atoms with Gasteiger partial charge < -0.3 is 20.2 Å². The SMILES string of the molecule is CC(CC(O)c1ccc(F)cc1)NC(=O)C(C)NC(=O)c1ccco1. The largest absolute Gasteiger partial charge is 0.459 e. The fraction of sp³-hybridized carbons (Fsp3) is 0.333.